The molecule has 0 radical (unpaired) electrons. The van der Waals surface area contributed by atoms with E-state index in [-0.39, 0.29) is 18.4 Å². The Morgan fingerprint density at radius 3 is 2.50 bits per heavy atom. The molecule has 20 heavy (non-hydrogen) atoms. The minimum atomic E-state index is -0.450. The molecule has 0 aliphatic carbocycles. The van der Waals surface area contributed by atoms with E-state index >= 15 is 0 Å². The van der Waals surface area contributed by atoms with Crippen LogP contribution in [0.2, 0.25) is 0 Å². The molecule has 1 aliphatic heterocycles. The van der Waals surface area contributed by atoms with Crippen molar-refractivity contribution in [1.82, 2.24) is 4.90 Å². The minimum absolute atomic E-state index is 0.0327. The Kier molecular flexibility index (Phi) is 3.91. The zero-order chi connectivity index (χ0) is 14.7. The quantitative estimate of drug-likeness (QED) is 0.815. The first kappa shape index (κ1) is 13.9. The van der Waals surface area contributed by atoms with E-state index in [0.29, 0.717) is 12.1 Å². The van der Waals surface area contributed by atoms with E-state index in [1.807, 2.05) is 24.0 Å². The summed E-state index contributed by atoms with van der Waals surface area (Å²) in [5.41, 5.74) is 1.46. The second-order valence-corrected chi connectivity index (χ2v) is 4.99. The lowest BCUT2D eigenvalue weighted by Gasteiger charge is -2.43. The molecule has 0 bridgehead atoms. The van der Waals surface area contributed by atoms with Crippen LogP contribution in [0.15, 0.2) is 24.3 Å². The molecule has 1 saturated heterocycles. The van der Waals surface area contributed by atoms with Gasteiger partial charge in [0.15, 0.2) is 0 Å². The van der Waals surface area contributed by atoms with E-state index in [2.05, 4.69) is 12.1 Å². The maximum absolute atomic E-state index is 12.3. The molecule has 0 spiro atoms. The van der Waals surface area contributed by atoms with Gasteiger partial charge in [-0.1, -0.05) is 0 Å². The Hall–Kier alpha value is -2.53. The summed E-state index contributed by atoms with van der Waals surface area (Å²) in [5, 5.41) is 17.8. The summed E-state index contributed by atoms with van der Waals surface area (Å²) in [7, 11) is 1.77. The average molecular weight is 268 g/mol. The third-order valence-electron chi connectivity index (χ3n) is 3.74. The van der Waals surface area contributed by atoms with Gasteiger partial charge in [0.1, 0.15) is 6.04 Å². The van der Waals surface area contributed by atoms with Gasteiger partial charge in [-0.25, -0.2) is 0 Å². The second kappa shape index (κ2) is 5.63. The highest BCUT2D eigenvalue weighted by Crippen LogP contribution is 2.25. The van der Waals surface area contributed by atoms with Crippen molar-refractivity contribution in [2.45, 2.75) is 25.4 Å². The van der Waals surface area contributed by atoms with Gasteiger partial charge in [-0.05, 0) is 31.2 Å². The van der Waals surface area contributed by atoms with Crippen LogP contribution < -0.4 is 4.90 Å². The predicted octanol–water partition coefficient (Wildman–Crippen LogP) is 1.51. The second-order valence-electron chi connectivity index (χ2n) is 4.99. The van der Waals surface area contributed by atoms with Gasteiger partial charge < -0.3 is 9.80 Å². The van der Waals surface area contributed by atoms with Gasteiger partial charge in [-0.3, -0.25) is 4.79 Å². The van der Waals surface area contributed by atoms with Crippen molar-refractivity contribution in [2.24, 2.45) is 0 Å². The number of rotatable bonds is 2. The zero-order valence-electron chi connectivity index (χ0n) is 11.6. The first-order valence-corrected chi connectivity index (χ1v) is 6.49. The number of piperazine rings is 1. The molecule has 1 aromatic carbocycles. The van der Waals surface area contributed by atoms with Crippen molar-refractivity contribution in [3.8, 4) is 12.1 Å². The summed E-state index contributed by atoms with van der Waals surface area (Å²) in [4.78, 5) is 16.0. The van der Waals surface area contributed by atoms with Crippen LogP contribution in [0.25, 0.3) is 0 Å². The molecule has 1 aromatic rings. The number of carbonyl (C=O) groups is 1. The number of anilines is 1. The zero-order valence-corrected chi connectivity index (χ0v) is 11.6. The van der Waals surface area contributed by atoms with Crippen molar-refractivity contribution in [1.29, 1.82) is 10.5 Å². The smallest absolute Gasteiger partial charge is 0.246 e. The number of hydrogen-bond donors (Lipinski definition) is 0. The Morgan fingerprint density at radius 2 is 1.95 bits per heavy atom. The molecule has 102 valence electrons. The molecule has 1 fully saturated rings. The molecule has 5 heteroatoms. The van der Waals surface area contributed by atoms with Gasteiger partial charge in [0.25, 0.3) is 0 Å². The van der Waals surface area contributed by atoms with Crippen LogP contribution in [0.3, 0.4) is 0 Å². The molecule has 1 aliphatic rings. The maximum atomic E-state index is 12.3. The predicted molar refractivity (Wildman–Crippen MR) is 74.8 cm³/mol. The molecular weight excluding hydrogens is 252 g/mol. The summed E-state index contributed by atoms with van der Waals surface area (Å²) in [6.45, 7) is 2.66. The van der Waals surface area contributed by atoms with Gasteiger partial charge in [0, 0.05) is 25.3 Å². The maximum Gasteiger partial charge on any atom is 0.246 e. The van der Waals surface area contributed by atoms with Gasteiger partial charge in [-0.2, -0.15) is 10.5 Å². The molecule has 1 amide bonds. The molecule has 2 atom stereocenters. The van der Waals surface area contributed by atoms with E-state index in [1.165, 1.54) is 0 Å². The molecule has 0 saturated carbocycles. The fourth-order valence-electron chi connectivity index (χ4n) is 2.42. The van der Waals surface area contributed by atoms with E-state index in [4.69, 9.17) is 10.5 Å². The van der Waals surface area contributed by atoms with Crippen molar-refractivity contribution in [3.05, 3.63) is 29.8 Å². The first-order valence-electron chi connectivity index (χ1n) is 6.49. The van der Waals surface area contributed by atoms with Crippen molar-refractivity contribution < 1.29 is 4.79 Å². The standard InChI is InChI=1S/C15H16N4O/c1-11-10-19(13-5-3-12(9-17)4-6-13)14(7-8-16)15(20)18(11)2/h3-6,11,14H,7,10H2,1-2H3. The fourth-order valence-corrected chi connectivity index (χ4v) is 2.42. The lowest BCUT2D eigenvalue weighted by molar-refractivity contribution is -0.134. The van der Waals surface area contributed by atoms with Crippen molar-refractivity contribution in [2.75, 3.05) is 18.5 Å². The average Bonchev–Trinajstić information content (AvgIpc) is 2.48. The highest BCUT2D eigenvalue weighted by molar-refractivity contribution is 5.87. The van der Waals surface area contributed by atoms with Crippen LogP contribution in [0.5, 0.6) is 0 Å². The van der Waals surface area contributed by atoms with Crippen molar-refractivity contribution in [3.63, 3.8) is 0 Å². The molecule has 5 nitrogen and oxygen atoms in total. The van der Waals surface area contributed by atoms with E-state index in [1.54, 1.807) is 24.1 Å². The molecule has 2 rings (SSSR count). The first-order chi connectivity index (χ1) is 9.58. The number of hydrogen-bond acceptors (Lipinski definition) is 4. The van der Waals surface area contributed by atoms with E-state index < -0.39 is 6.04 Å². The highest BCUT2D eigenvalue weighted by atomic mass is 16.2. The Labute approximate surface area is 118 Å². The number of benzene rings is 1. The molecule has 2 unspecified atom stereocenters. The minimum Gasteiger partial charge on any atom is -0.357 e. The fraction of sp³-hybridized carbons (Fsp3) is 0.400. The highest BCUT2D eigenvalue weighted by Gasteiger charge is 2.36. The summed E-state index contributed by atoms with van der Waals surface area (Å²) in [5.74, 6) is -0.0327. The van der Waals surface area contributed by atoms with E-state index in [9.17, 15) is 4.79 Å². The molecule has 0 N–H and O–H groups in total. The van der Waals surface area contributed by atoms with Crippen LogP contribution in [0.1, 0.15) is 18.9 Å². The van der Waals surface area contributed by atoms with Gasteiger partial charge in [-0.15, -0.1) is 0 Å². The number of carbonyl (C=O) groups excluding carboxylic acids is 1. The van der Waals surface area contributed by atoms with Gasteiger partial charge in [0.05, 0.1) is 24.1 Å². The third-order valence-corrected chi connectivity index (χ3v) is 3.74. The molecule has 0 aromatic heterocycles. The van der Waals surface area contributed by atoms with Crippen molar-refractivity contribution >= 4 is 11.6 Å². The molecular formula is C15H16N4O. The lowest BCUT2D eigenvalue weighted by atomic mass is 10.0. The topological polar surface area (TPSA) is 71.1 Å². The summed E-state index contributed by atoms with van der Waals surface area (Å²) in [6.07, 6.45) is 0.163. The normalized spacial score (nSPS) is 22.3. The Bertz CT molecular complexity index is 581. The Morgan fingerprint density at radius 1 is 1.30 bits per heavy atom. The summed E-state index contributed by atoms with van der Waals surface area (Å²) < 4.78 is 0. The van der Waals surface area contributed by atoms with Crippen LogP contribution in [-0.4, -0.2) is 36.5 Å². The van der Waals surface area contributed by atoms with Crippen LogP contribution in [-0.2, 0) is 4.79 Å². The SMILES string of the molecule is CC1CN(c2ccc(C#N)cc2)C(CC#N)C(=O)N1C. The number of amides is 1. The van der Waals surface area contributed by atoms with Gasteiger partial charge >= 0.3 is 0 Å². The Balaban J connectivity index is 2.33. The van der Waals surface area contributed by atoms with Crippen LogP contribution >= 0.6 is 0 Å². The number of likely N-dealkylation sites (N-methyl/N-ethyl adjacent to an activating group) is 1. The largest absolute Gasteiger partial charge is 0.357 e. The van der Waals surface area contributed by atoms with E-state index in [0.717, 1.165) is 5.69 Å². The summed E-state index contributed by atoms with van der Waals surface area (Å²) >= 11 is 0. The number of nitrogens with zero attached hydrogens (tertiary/aromatic N) is 4. The third kappa shape index (κ3) is 2.44. The monoisotopic (exact) mass is 268 g/mol. The molecule has 1 heterocycles. The van der Waals surface area contributed by atoms with Crippen LogP contribution in [0, 0.1) is 22.7 Å². The van der Waals surface area contributed by atoms with Crippen LogP contribution in [0.4, 0.5) is 5.69 Å². The number of nitriles is 2. The lowest BCUT2D eigenvalue weighted by Crippen LogP contribution is -2.59. The summed E-state index contributed by atoms with van der Waals surface area (Å²) in [6, 6.07) is 10.9. The van der Waals surface area contributed by atoms with Gasteiger partial charge in [0.2, 0.25) is 5.91 Å².